The summed E-state index contributed by atoms with van der Waals surface area (Å²) in [5.41, 5.74) is 0.346. The molecule has 2 rings (SSSR count). The third-order valence-electron chi connectivity index (χ3n) is 5.42. The summed E-state index contributed by atoms with van der Waals surface area (Å²) in [5, 5.41) is 3.70. The van der Waals surface area contributed by atoms with Crippen LogP contribution in [0.15, 0.2) is 0 Å². The van der Waals surface area contributed by atoms with Crippen LogP contribution in [0.4, 0.5) is 0 Å². The molecule has 0 amide bonds. The van der Waals surface area contributed by atoms with E-state index in [-0.39, 0.29) is 0 Å². The Kier molecular flexibility index (Phi) is 4.14. The minimum atomic E-state index is 0.346. The van der Waals surface area contributed by atoms with Crippen molar-refractivity contribution in [3.05, 3.63) is 0 Å². The molecule has 1 aliphatic carbocycles. The van der Waals surface area contributed by atoms with E-state index in [1.54, 1.807) is 0 Å². The first-order valence-electron chi connectivity index (χ1n) is 7.55. The average Bonchev–Trinajstić information content (AvgIpc) is 2.33. The summed E-state index contributed by atoms with van der Waals surface area (Å²) >= 11 is 0. The van der Waals surface area contributed by atoms with Gasteiger partial charge in [-0.3, -0.25) is 4.90 Å². The van der Waals surface area contributed by atoms with E-state index in [2.05, 4.69) is 37.9 Å². The topological polar surface area (TPSA) is 15.3 Å². The zero-order valence-electron chi connectivity index (χ0n) is 12.1. The molecular formula is C15H30N2. The van der Waals surface area contributed by atoms with Crippen molar-refractivity contribution in [1.29, 1.82) is 0 Å². The van der Waals surface area contributed by atoms with Crippen LogP contribution in [0.25, 0.3) is 0 Å². The molecule has 1 saturated carbocycles. The lowest BCUT2D eigenvalue weighted by Gasteiger charge is -2.48. The van der Waals surface area contributed by atoms with Crippen molar-refractivity contribution in [2.45, 2.75) is 65.0 Å². The van der Waals surface area contributed by atoms with E-state index >= 15 is 0 Å². The van der Waals surface area contributed by atoms with Crippen LogP contribution in [0.5, 0.6) is 0 Å². The predicted octanol–water partition coefficient (Wildman–Crippen LogP) is 2.89. The monoisotopic (exact) mass is 238 g/mol. The Labute approximate surface area is 107 Å². The third-order valence-corrected chi connectivity index (χ3v) is 5.42. The SMILES string of the molecule is CCC1(C)CN(C2CCCC(C)C2C)CCN1. The van der Waals surface area contributed by atoms with Crippen molar-refractivity contribution in [3.8, 4) is 0 Å². The molecule has 0 aromatic rings. The second kappa shape index (κ2) is 5.27. The minimum absolute atomic E-state index is 0.346. The van der Waals surface area contributed by atoms with E-state index in [1.807, 2.05) is 0 Å². The molecule has 2 nitrogen and oxygen atoms in total. The van der Waals surface area contributed by atoms with Gasteiger partial charge in [0.1, 0.15) is 0 Å². The lowest BCUT2D eigenvalue weighted by Crippen LogP contribution is -2.62. The zero-order chi connectivity index (χ0) is 12.5. The highest BCUT2D eigenvalue weighted by molar-refractivity contribution is 4.94. The largest absolute Gasteiger partial charge is 0.309 e. The van der Waals surface area contributed by atoms with Gasteiger partial charge in [0.2, 0.25) is 0 Å². The predicted molar refractivity (Wildman–Crippen MR) is 74.2 cm³/mol. The summed E-state index contributed by atoms with van der Waals surface area (Å²) in [7, 11) is 0. The Hall–Kier alpha value is -0.0800. The first-order valence-corrected chi connectivity index (χ1v) is 7.55. The summed E-state index contributed by atoms with van der Waals surface area (Å²) < 4.78 is 0. The molecule has 0 bridgehead atoms. The Bertz CT molecular complexity index is 253. The Balaban J connectivity index is 2.01. The van der Waals surface area contributed by atoms with Gasteiger partial charge < -0.3 is 5.32 Å². The van der Waals surface area contributed by atoms with Crippen LogP contribution in [-0.2, 0) is 0 Å². The summed E-state index contributed by atoms with van der Waals surface area (Å²) in [6.45, 7) is 13.3. The molecule has 17 heavy (non-hydrogen) atoms. The van der Waals surface area contributed by atoms with Crippen molar-refractivity contribution >= 4 is 0 Å². The van der Waals surface area contributed by atoms with E-state index in [0.717, 1.165) is 17.9 Å². The van der Waals surface area contributed by atoms with E-state index < -0.39 is 0 Å². The minimum Gasteiger partial charge on any atom is -0.309 e. The standard InChI is InChI=1S/C15H30N2/c1-5-15(4)11-17(10-9-16-15)14-8-6-7-12(2)13(14)3/h12-14,16H,5-11H2,1-4H3. The van der Waals surface area contributed by atoms with Crippen molar-refractivity contribution < 1.29 is 0 Å². The molecule has 0 aromatic carbocycles. The Morgan fingerprint density at radius 2 is 2.06 bits per heavy atom. The molecular weight excluding hydrogens is 208 g/mol. The van der Waals surface area contributed by atoms with E-state index in [0.29, 0.717) is 5.54 Å². The van der Waals surface area contributed by atoms with Crippen molar-refractivity contribution in [1.82, 2.24) is 10.2 Å². The molecule has 0 aromatic heterocycles. The molecule has 0 radical (unpaired) electrons. The molecule has 2 fully saturated rings. The van der Waals surface area contributed by atoms with Crippen molar-refractivity contribution in [2.24, 2.45) is 11.8 Å². The second-order valence-electron chi connectivity index (χ2n) is 6.65. The van der Waals surface area contributed by atoms with Crippen LogP contribution < -0.4 is 5.32 Å². The van der Waals surface area contributed by atoms with Crippen LogP contribution in [0.2, 0.25) is 0 Å². The van der Waals surface area contributed by atoms with Crippen molar-refractivity contribution in [3.63, 3.8) is 0 Å². The van der Waals surface area contributed by atoms with Crippen LogP contribution in [-0.4, -0.2) is 36.1 Å². The number of hydrogen-bond acceptors (Lipinski definition) is 2. The van der Waals surface area contributed by atoms with Gasteiger partial charge in [0.15, 0.2) is 0 Å². The fourth-order valence-electron chi connectivity index (χ4n) is 3.67. The van der Waals surface area contributed by atoms with Gasteiger partial charge in [-0.05, 0) is 31.6 Å². The van der Waals surface area contributed by atoms with Crippen LogP contribution in [0, 0.1) is 11.8 Å². The number of nitrogens with zero attached hydrogens (tertiary/aromatic N) is 1. The number of nitrogens with one attached hydrogen (secondary N) is 1. The third kappa shape index (κ3) is 2.85. The summed E-state index contributed by atoms with van der Waals surface area (Å²) in [6, 6.07) is 0.840. The van der Waals surface area contributed by atoms with Crippen LogP contribution in [0.3, 0.4) is 0 Å². The Morgan fingerprint density at radius 3 is 2.76 bits per heavy atom. The molecule has 1 heterocycles. The number of hydrogen-bond donors (Lipinski definition) is 1. The van der Waals surface area contributed by atoms with E-state index in [1.165, 1.54) is 45.3 Å². The molecule has 2 aliphatic rings. The van der Waals surface area contributed by atoms with Gasteiger partial charge in [-0.25, -0.2) is 0 Å². The highest BCUT2D eigenvalue weighted by Gasteiger charge is 2.36. The highest BCUT2D eigenvalue weighted by atomic mass is 15.2. The maximum absolute atomic E-state index is 3.70. The molecule has 0 spiro atoms. The van der Waals surface area contributed by atoms with Gasteiger partial charge in [0, 0.05) is 31.2 Å². The number of rotatable bonds is 2. The second-order valence-corrected chi connectivity index (χ2v) is 6.65. The van der Waals surface area contributed by atoms with Crippen LogP contribution in [0.1, 0.15) is 53.4 Å². The fourth-order valence-corrected chi connectivity index (χ4v) is 3.67. The molecule has 1 aliphatic heterocycles. The fraction of sp³-hybridized carbons (Fsp3) is 1.00. The molecule has 4 atom stereocenters. The van der Waals surface area contributed by atoms with Gasteiger partial charge in [-0.2, -0.15) is 0 Å². The lowest BCUT2D eigenvalue weighted by atomic mass is 9.76. The smallest absolute Gasteiger partial charge is 0.0278 e. The maximum atomic E-state index is 3.70. The highest BCUT2D eigenvalue weighted by Crippen LogP contribution is 2.34. The molecule has 4 unspecified atom stereocenters. The van der Waals surface area contributed by atoms with Gasteiger partial charge in [-0.1, -0.05) is 33.6 Å². The quantitative estimate of drug-likeness (QED) is 0.796. The maximum Gasteiger partial charge on any atom is 0.0278 e. The van der Waals surface area contributed by atoms with Gasteiger partial charge >= 0.3 is 0 Å². The molecule has 1 N–H and O–H groups in total. The van der Waals surface area contributed by atoms with E-state index in [4.69, 9.17) is 0 Å². The van der Waals surface area contributed by atoms with Gasteiger partial charge in [-0.15, -0.1) is 0 Å². The number of piperazine rings is 1. The molecule has 100 valence electrons. The summed E-state index contributed by atoms with van der Waals surface area (Å²) in [5.74, 6) is 1.79. The lowest BCUT2D eigenvalue weighted by molar-refractivity contribution is 0.0348. The van der Waals surface area contributed by atoms with Gasteiger partial charge in [0.05, 0.1) is 0 Å². The van der Waals surface area contributed by atoms with E-state index in [9.17, 15) is 0 Å². The molecule has 2 heteroatoms. The molecule has 1 saturated heterocycles. The summed E-state index contributed by atoms with van der Waals surface area (Å²) in [6.07, 6.45) is 5.53. The normalized spacial score (nSPS) is 44.8. The first kappa shape index (κ1) is 13.4. The summed E-state index contributed by atoms with van der Waals surface area (Å²) in [4.78, 5) is 2.78. The zero-order valence-corrected chi connectivity index (χ0v) is 12.1. The van der Waals surface area contributed by atoms with Crippen LogP contribution >= 0.6 is 0 Å². The van der Waals surface area contributed by atoms with Gasteiger partial charge in [0.25, 0.3) is 0 Å². The Morgan fingerprint density at radius 1 is 1.29 bits per heavy atom. The first-order chi connectivity index (χ1) is 8.06. The van der Waals surface area contributed by atoms with Crippen molar-refractivity contribution in [2.75, 3.05) is 19.6 Å². The average molecular weight is 238 g/mol.